The molecule has 0 bridgehead atoms. The fourth-order valence-electron chi connectivity index (χ4n) is 1.26. The molecule has 0 amide bonds. The number of anilines is 1. The molecule has 78 valence electrons. The summed E-state index contributed by atoms with van der Waals surface area (Å²) in [4.78, 5) is 5.35. The van der Waals surface area contributed by atoms with Gasteiger partial charge in [0.2, 0.25) is 0 Å². The van der Waals surface area contributed by atoms with Gasteiger partial charge in [0.15, 0.2) is 0 Å². The van der Waals surface area contributed by atoms with E-state index in [9.17, 15) is 0 Å². The third-order valence-corrected chi connectivity index (χ3v) is 3.03. The van der Waals surface area contributed by atoms with Crippen LogP contribution in [0.25, 0.3) is 0 Å². The van der Waals surface area contributed by atoms with Crippen molar-refractivity contribution >= 4 is 17.4 Å². The molecule has 0 saturated heterocycles. The standard InChI is InChI=1S/C11H12N2OS/c1-7-5-9(12)3-4-10(7)15-11-13-8(2)6-14-11/h3-6H,12H2,1-2H3. The zero-order valence-corrected chi connectivity index (χ0v) is 9.47. The van der Waals surface area contributed by atoms with Crippen molar-refractivity contribution in [2.75, 3.05) is 5.73 Å². The SMILES string of the molecule is Cc1coc(Sc2ccc(N)cc2C)n1. The fourth-order valence-corrected chi connectivity index (χ4v) is 2.09. The molecule has 0 spiro atoms. The summed E-state index contributed by atoms with van der Waals surface area (Å²) >= 11 is 1.51. The van der Waals surface area contributed by atoms with Crippen LogP contribution in [-0.4, -0.2) is 4.98 Å². The molecule has 0 fully saturated rings. The van der Waals surface area contributed by atoms with Gasteiger partial charge >= 0.3 is 0 Å². The Bertz CT molecular complexity index is 479. The molecule has 1 heterocycles. The number of hydrogen-bond donors (Lipinski definition) is 1. The molecule has 0 aliphatic carbocycles. The van der Waals surface area contributed by atoms with E-state index in [1.807, 2.05) is 32.0 Å². The molecule has 1 aromatic heterocycles. The Morgan fingerprint density at radius 2 is 2.13 bits per heavy atom. The number of rotatable bonds is 2. The third-order valence-electron chi connectivity index (χ3n) is 1.99. The Morgan fingerprint density at radius 3 is 2.73 bits per heavy atom. The number of aromatic nitrogens is 1. The van der Waals surface area contributed by atoms with Crippen molar-refractivity contribution in [3.63, 3.8) is 0 Å². The predicted molar refractivity (Wildman–Crippen MR) is 61.0 cm³/mol. The van der Waals surface area contributed by atoms with Crippen molar-refractivity contribution in [1.82, 2.24) is 4.98 Å². The molecule has 2 rings (SSSR count). The van der Waals surface area contributed by atoms with Gasteiger partial charge in [-0.25, -0.2) is 4.98 Å². The van der Waals surface area contributed by atoms with Gasteiger partial charge in [-0.05, 0) is 49.4 Å². The summed E-state index contributed by atoms with van der Waals surface area (Å²) in [5.74, 6) is 0. The van der Waals surface area contributed by atoms with E-state index in [0.29, 0.717) is 5.22 Å². The molecular weight excluding hydrogens is 208 g/mol. The number of nitrogens with two attached hydrogens (primary N) is 1. The minimum Gasteiger partial charge on any atom is -0.439 e. The molecule has 3 nitrogen and oxygen atoms in total. The van der Waals surface area contributed by atoms with Gasteiger partial charge in [-0.15, -0.1) is 0 Å². The van der Waals surface area contributed by atoms with Gasteiger partial charge in [-0.1, -0.05) is 0 Å². The first kappa shape index (κ1) is 10.1. The lowest BCUT2D eigenvalue weighted by molar-refractivity contribution is 0.454. The summed E-state index contributed by atoms with van der Waals surface area (Å²) < 4.78 is 5.27. The van der Waals surface area contributed by atoms with Crippen LogP contribution in [0.15, 0.2) is 39.0 Å². The van der Waals surface area contributed by atoms with Gasteiger partial charge in [-0.2, -0.15) is 0 Å². The van der Waals surface area contributed by atoms with Crippen LogP contribution in [0.2, 0.25) is 0 Å². The maximum absolute atomic E-state index is 5.68. The molecule has 2 aromatic rings. The molecule has 2 N–H and O–H groups in total. The topological polar surface area (TPSA) is 52.0 Å². The van der Waals surface area contributed by atoms with Crippen LogP contribution in [0, 0.1) is 13.8 Å². The van der Waals surface area contributed by atoms with Gasteiger partial charge in [0.1, 0.15) is 6.26 Å². The van der Waals surface area contributed by atoms with E-state index in [0.717, 1.165) is 21.8 Å². The molecule has 15 heavy (non-hydrogen) atoms. The van der Waals surface area contributed by atoms with E-state index in [1.54, 1.807) is 6.26 Å². The first-order chi connectivity index (χ1) is 7.15. The minimum atomic E-state index is 0.667. The van der Waals surface area contributed by atoms with Gasteiger partial charge in [0, 0.05) is 10.6 Å². The minimum absolute atomic E-state index is 0.667. The second kappa shape index (κ2) is 3.98. The molecule has 4 heteroatoms. The van der Waals surface area contributed by atoms with Gasteiger partial charge in [-0.3, -0.25) is 0 Å². The highest BCUT2D eigenvalue weighted by atomic mass is 32.2. The van der Waals surface area contributed by atoms with E-state index in [4.69, 9.17) is 10.2 Å². The Kier molecular flexibility index (Phi) is 2.68. The Hall–Kier alpha value is -1.42. The zero-order valence-electron chi connectivity index (χ0n) is 8.65. The normalized spacial score (nSPS) is 10.5. The summed E-state index contributed by atoms with van der Waals surface area (Å²) in [6.07, 6.45) is 1.65. The largest absolute Gasteiger partial charge is 0.439 e. The lowest BCUT2D eigenvalue weighted by atomic mass is 10.2. The van der Waals surface area contributed by atoms with Crippen LogP contribution >= 0.6 is 11.8 Å². The van der Waals surface area contributed by atoms with Crippen molar-refractivity contribution in [3.8, 4) is 0 Å². The Morgan fingerprint density at radius 1 is 1.33 bits per heavy atom. The van der Waals surface area contributed by atoms with Crippen LogP contribution < -0.4 is 5.73 Å². The number of hydrogen-bond acceptors (Lipinski definition) is 4. The van der Waals surface area contributed by atoms with Gasteiger partial charge in [0.25, 0.3) is 5.22 Å². The highest BCUT2D eigenvalue weighted by Crippen LogP contribution is 2.30. The van der Waals surface area contributed by atoms with E-state index < -0.39 is 0 Å². The Balaban J connectivity index is 2.24. The lowest BCUT2D eigenvalue weighted by Gasteiger charge is -2.02. The van der Waals surface area contributed by atoms with Crippen LogP contribution in [0.3, 0.4) is 0 Å². The van der Waals surface area contributed by atoms with Crippen molar-refractivity contribution in [3.05, 3.63) is 35.7 Å². The summed E-state index contributed by atoms with van der Waals surface area (Å²) in [6, 6.07) is 5.80. The zero-order chi connectivity index (χ0) is 10.8. The van der Waals surface area contributed by atoms with E-state index in [1.165, 1.54) is 11.8 Å². The summed E-state index contributed by atoms with van der Waals surface area (Å²) in [7, 11) is 0. The molecule has 0 saturated carbocycles. The first-order valence-electron chi connectivity index (χ1n) is 4.61. The maximum Gasteiger partial charge on any atom is 0.260 e. The molecule has 1 aromatic carbocycles. The van der Waals surface area contributed by atoms with E-state index in [2.05, 4.69) is 4.98 Å². The molecule has 0 aliphatic heterocycles. The summed E-state index contributed by atoms with van der Waals surface area (Å²) in [5.41, 5.74) is 8.48. The average molecular weight is 220 g/mol. The number of nitrogens with zero attached hydrogens (tertiary/aromatic N) is 1. The molecular formula is C11H12N2OS. The lowest BCUT2D eigenvalue weighted by Crippen LogP contribution is -1.87. The quantitative estimate of drug-likeness (QED) is 0.790. The van der Waals surface area contributed by atoms with Gasteiger partial charge in [0.05, 0.1) is 5.69 Å². The average Bonchev–Trinajstić information content (AvgIpc) is 2.56. The van der Waals surface area contributed by atoms with Crippen molar-refractivity contribution in [1.29, 1.82) is 0 Å². The maximum atomic E-state index is 5.68. The molecule has 0 aliphatic rings. The van der Waals surface area contributed by atoms with Crippen LogP contribution in [0.4, 0.5) is 5.69 Å². The second-order valence-corrected chi connectivity index (χ2v) is 4.37. The van der Waals surface area contributed by atoms with Crippen LogP contribution in [0.5, 0.6) is 0 Å². The predicted octanol–water partition coefficient (Wildman–Crippen LogP) is 3.02. The van der Waals surface area contributed by atoms with E-state index in [-0.39, 0.29) is 0 Å². The van der Waals surface area contributed by atoms with Crippen LogP contribution in [0.1, 0.15) is 11.3 Å². The van der Waals surface area contributed by atoms with E-state index >= 15 is 0 Å². The molecule has 0 radical (unpaired) electrons. The monoisotopic (exact) mass is 220 g/mol. The number of benzene rings is 1. The van der Waals surface area contributed by atoms with Crippen LogP contribution in [-0.2, 0) is 0 Å². The van der Waals surface area contributed by atoms with Crippen molar-refractivity contribution in [2.45, 2.75) is 24.0 Å². The van der Waals surface area contributed by atoms with Gasteiger partial charge < -0.3 is 10.2 Å². The third kappa shape index (κ3) is 2.33. The Labute approximate surface area is 92.7 Å². The van der Waals surface area contributed by atoms with Crippen molar-refractivity contribution < 1.29 is 4.42 Å². The molecule has 0 unspecified atom stereocenters. The summed E-state index contributed by atoms with van der Waals surface area (Å²) in [6.45, 7) is 3.93. The molecule has 0 atom stereocenters. The fraction of sp³-hybridized carbons (Fsp3) is 0.182. The highest BCUT2D eigenvalue weighted by Gasteiger charge is 2.06. The number of aryl methyl sites for hydroxylation is 2. The second-order valence-electron chi connectivity index (χ2n) is 3.38. The highest BCUT2D eigenvalue weighted by molar-refractivity contribution is 7.99. The number of oxazole rings is 1. The van der Waals surface area contributed by atoms with Crippen molar-refractivity contribution in [2.24, 2.45) is 0 Å². The number of nitrogen functional groups attached to an aromatic ring is 1. The first-order valence-corrected chi connectivity index (χ1v) is 5.43. The summed E-state index contributed by atoms with van der Waals surface area (Å²) in [5, 5.41) is 0.667. The smallest absolute Gasteiger partial charge is 0.260 e.